The van der Waals surface area contributed by atoms with Gasteiger partial charge in [0.05, 0.1) is 11.0 Å². The Labute approximate surface area is 146 Å². The number of non-ortho nitro benzene ring substituents is 1. The molecule has 1 aliphatic rings. The van der Waals surface area contributed by atoms with Crippen LogP contribution in [0.1, 0.15) is 31.4 Å². The van der Waals surface area contributed by atoms with E-state index in [9.17, 15) is 14.9 Å². The molecule has 2 aromatic rings. The molecule has 2 amide bonds. The lowest BCUT2D eigenvalue weighted by molar-refractivity contribution is -0.384. The number of carbonyl (C=O) groups excluding carboxylic acids is 1. The molecule has 0 spiro atoms. The zero-order valence-corrected chi connectivity index (χ0v) is 14.1. The van der Waals surface area contributed by atoms with Crippen molar-refractivity contribution in [2.45, 2.75) is 25.8 Å². The fourth-order valence-corrected chi connectivity index (χ4v) is 2.77. The Bertz CT molecular complexity index is 742. The number of hydrogen-bond acceptors (Lipinski definition) is 3. The van der Waals surface area contributed by atoms with E-state index in [0.717, 1.165) is 24.9 Å². The summed E-state index contributed by atoms with van der Waals surface area (Å²) in [4.78, 5) is 24.9. The van der Waals surface area contributed by atoms with Crippen molar-refractivity contribution in [3.63, 3.8) is 0 Å². The number of rotatable bonds is 6. The molecule has 1 saturated carbocycles. The van der Waals surface area contributed by atoms with Gasteiger partial charge in [-0.15, -0.1) is 0 Å². The second-order valence-corrected chi connectivity index (χ2v) is 6.42. The third-order valence-corrected chi connectivity index (χ3v) is 4.49. The van der Waals surface area contributed by atoms with Crippen LogP contribution in [0.15, 0.2) is 54.6 Å². The molecule has 1 fully saturated rings. The number of nitro groups is 1. The Morgan fingerprint density at radius 1 is 1.20 bits per heavy atom. The van der Waals surface area contributed by atoms with Gasteiger partial charge in [0.1, 0.15) is 0 Å². The van der Waals surface area contributed by atoms with Crippen LogP contribution in [0.3, 0.4) is 0 Å². The average molecular weight is 339 g/mol. The van der Waals surface area contributed by atoms with E-state index in [1.165, 1.54) is 12.1 Å². The number of carbonyl (C=O) groups is 1. The van der Waals surface area contributed by atoms with Crippen molar-refractivity contribution in [2.24, 2.45) is 5.92 Å². The normalized spacial score (nSPS) is 14.6. The summed E-state index contributed by atoms with van der Waals surface area (Å²) in [5.41, 5.74) is 1.64. The third-order valence-electron chi connectivity index (χ3n) is 4.49. The Morgan fingerprint density at radius 2 is 1.84 bits per heavy atom. The maximum absolute atomic E-state index is 12.8. The van der Waals surface area contributed by atoms with E-state index >= 15 is 0 Å². The van der Waals surface area contributed by atoms with Crippen molar-refractivity contribution >= 4 is 17.4 Å². The molecule has 6 nitrogen and oxygen atoms in total. The summed E-state index contributed by atoms with van der Waals surface area (Å²) in [6, 6.07) is 15.6. The van der Waals surface area contributed by atoms with Crippen molar-refractivity contribution in [3.8, 4) is 0 Å². The molecule has 130 valence electrons. The monoisotopic (exact) mass is 339 g/mol. The van der Waals surface area contributed by atoms with Gasteiger partial charge in [0.25, 0.3) is 5.69 Å². The molecule has 0 heterocycles. The smallest absolute Gasteiger partial charge is 0.317 e. The highest BCUT2D eigenvalue weighted by molar-refractivity contribution is 5.89. The standard InChI is InChI=1S/C19H21N3O3/c1-14(16-5-3-2-4-6-16)21(13-15-7-8-15)19(23)20-17-9-11-18(12-10-17)22(24)25/h2-6,9-12,14-15H,7-8,13H2,1H3,(H,20,23). The molecule has 1 unspecified atom stereocenters. The van der Waals surface area contributed by atoms with Gasteiger partial charge in [-0.3, -0.25) is 10.1 Å². The summed E-state index contributed by atoms with van der Waals surface area (Å²) in [5, 5.41) is 13.6. The van der Waals surface area contributed by atoms with Crippen molar-refractivity contribution in [3.05, 3.63) is 70.3 Å². The van der Waals surface area contributed by atoms with Gasteiger partial charge in [-0.1, -0.05) is 30.3 Å². The summed E-state index contributed by atoms with van der Waals surface area (Å²) in [6.45, 7) is 2.74. The quantitative estimate of drug-likeness (QED) is 0.617. The number of nitrogens with one attached hydrogen (secondary N) is 1. The molecule has 0 bridgehead atoms. The van der Waals surface area contributed by atoms with Gasteiger partial charge in [0.2, 0.25) is 0 Å². The predicted molar refractivity (Wildman–Crippen MR) is 96.4 cm³/mol. The van der Waals surface area contributed by atoms with Crippen molar-refractivity contribution in [2.75, 3.05) is 11.9 Å². The van der Waals surface area contributed by atoms with Gasteiger partial charge < -0.3 is 10.2 Å². The van der Waals surface area contributed by atoms with E-state index in [-0.39, 0.29) is 17.8 Å². The van der Waals surface area contributed by atoms with Gasteiger partial charge >= 0.3 is 6.03 Å². The van der Waals surface area contributed by atoms with E-state index < -0.39 is 4.92 Å². The van der Waals surface area contributed by atoms with Crippen LogP contribution in [-0.2, 0) is 0 Å². The second-order valence-electron chi connectivity index (χ2n) is 6.42. The van der Waals surface area contributed by atoms with Crippen LogP contribution in [0.5, 0.6) is 0 Å². The van der Waals surface area contributed by atoms with E-state index in [2.05, 4.69) is 5.32 Å². The van der Waals surface area contributed by atoms with Crippen LogP contribution in [0.4, 0.5) is 16.2 Å². The second kappa shape index (κ2) is 7.34. The van der Waals surface area contributed by atoms with Crippen LogP contribution >= 0.6 is 0 Å². The van der Waals surface area contributed by atoms with Crippen LogP contribution in [0, 0.1) is 16.0 Å². The summed E-state index contributed by atoms with van der Waals surface area (Å²) < 4.78 is 0. The molecule has 0 saturated heterocycles. The minimum Gasteiger partial charge on any atom is -0.317 e. The number of benzene rings is 2. The Morgan fingerprint density at radius 3 is 2.40 bits per heavy atom. The average Bonchev–Trinajstić information content (AvgIpc) is 3.44. The summed E-state index contributed by atoms with van der Waals surface area (Å²) >= 11 is 0. The molecule has 1 aliphatic carbocycles. The van der Waals surface area contributed by atoms with Gasteiger partial charge in [-0.2, -0.15) is 0 Å². The molecule has 0 aromatic heterocycles. The first-order chi connectivity index (χ1) is 12.0. The van der Waals surface area contributed by atoms with Gasteiger partial charge in [-0.25, -0.2) is 4.79 Å². The molecule has 1 atom stereocenters. The lowest BCUT2D eigenvalue weighted by atomic mass is 10.1. The molecule has 1 N–H and O–H groups in total. The van der Waals surface area contributed by atoms with Gasteiger partial charge in [-0.05, 0) is 43.4 Å². The first-order valence-electron chi connectivity index (χ1n) is 8.41. The SMILES string of the molecule is CC(c1ccccc1)N(CC1CC1)C(=O)Nc1ccc([N+](=O)[O-])cc1. The fourth-order valence-electron chi connectivity index (χ4n) is 2.77. The molecule has 3 rings (SSSR count). The minimum absolute atomic E-state index is 0.00508. The molecule has 6 heteroatoms. The first kappa shape index (κ1) is 17.0. The van der Waals surface area contributed by atoms with Crippen LogP contribution < -0.4 is 5.32 Å². The number of anilines is 1. The lowest BCUT2D eigenvalue weighted by Crippen LogP contribution is -2.38. The maximum Gasteiger partial charge on any atom is 0.322 e. The van der Waals surface area contributed by atoms with Crippen LogP contribution in [-0.4, -0.2) is 22.4 Å². The number of urea groups is 1. The molecule has 25 heavy (non-hydrogen) atoms. The van der Waals surface area contributed by atoms with E-state index in [0.29, 0.717) is 11.6 Å². The zero-order valence-electron chi connectivity index (χ0n) is 14.1. The largest absolute Gasteiger partial charge is 0.322 e. The van der Waals surface area contributed by atoms with Gasteiger partial charge in [0, 0.05) is 24.4 Å². The summed E-state index contributed by atoms with van der Waals surface area (Å²) in [5.74, 6) is 0.564. The van der Waals surface area contributed by atoms with E-state index in [4.69, 9.17) is 0 Å². The fraction of sp³-hybridized carbons (Fsp3) is 0.316. The Hall–Kier alpha value is -2.89. The number of nitro benzene ring substituents is 1. The third kappa shape index (κ3) is 4.35. The number of amides is 2. The topological polar surface area (TPSA) is 75.5 Å². The Balaban J connectivity index is 1.73. The summed E-state index contributed by atoms with van der Waals surface area (Å²) in [6.07, 6.45) is 2.31. The molecule has 0 aliphatic heterocycles. The lowest BCUT2D eigenvalue weighted by Gasteiger charge is -2.30. The minimum atomic E-state index is -0.456. The Kier molecular flexibility index (Phi) is 4.97. The predicted octanol–water partition coefficient (Wildman–Crippen LogP) is 4.60. The highest BCUT2D eigenvalue weighted by atomic mass is 16.6. The highest BCUT2D eigenvalue weighted by Gasteiger charge is 2.30. The first-order valence-corrected chi connectivity index (χ1v) is 8.41. The molecule has 0 radical (unpaired) electrons. The van der Waals surface area contributed by atoms with Crippen molar-refractivity contribution in [1.29, 1.82) is 0 Å². The van der Waals surface area contributed by atoms with Crippen LogP contribution in [0.25, 0.3) is 0 Å². The van der Waals surface area contributed by atoms with Gasteiger partial charge in [0.15, 0.2) is 0 Å². The number of nitrogens with zero attached hydrogens (tertiary/aromatic N) is 2. The summed E-state index contributed by atoms with van der Waals surface area (Å²) in [7, 11) is 0. The number of hydrogen-bond donors (Lipinski definition) is 1. The van der Waals surface area contributed by atoms with Crippen molar-refractivity contribution in [1.82, 2.24) is 4.90 Å². The molecular formula is C19H21N3O3. The highest BCUT2D eigenvalue weighted by Crippen LogP contribution is 2.33. The van der Waals surface area contributed by atoms with E-state index in [1.54, 1.807) is 12.1 Å². The van der Waals surface area contributed by atoms with E-state index in [1.807, 2.05) is 42.2 Å². The molecule has 2 aromatic carbocycles. The molecular weight excluding hydrogens is 318 g/mol. The maximum atomic E-state index is 12.8. The van der Waals surface area contributed by atoms with Crippen LogP contribution in [0.2, 0.25) is 0 Å². The zero-order chi connectivity index (χ0) is 17.8. The van der Waals surface area contributed by atoms with Crippen molar-refractivity contribution < 1.29 is 9.72 Å².